The molecule has 0 aromatic heterocycles. The van der Waals surface area contributed by atoms with Crippen LogP contribution >= 0.6 is 0 Å². The summed E-state index contributed by atoms with van der Waals surface area (Å²) in [7, 11) is 0. The summed E-state index contributed by atoms with van der Waals surface area (Å²) in [5.74, 6) is 0.403. The van der Waals surface area contributed by atoms with Crippen LogP contribution in [0.15, 0.2) is 12.2 Å². The fourth-order valence-electron chi connectivity index (χ4n) is 5.47. The lowest BCUT2D eigenvalue weighted by molar-refractivity contribution is -0.164. The van der Waals surface area contributed by atoms with E-state index in [9.17, 15) is 14.7 Å². The Balaban J connectivity index is 2.22. The first kappa shape index (κ1) is 18.2. The number of hydrogen-bond donors (Lipinski definition) is 1. The largest absolute Gasteiger partial charge is 0.481 e. The summed E-state index contributed by atoms with van der Waals surface area (Å²) >= 11 is 0. The molecule has 0 radical (unpaired) electrons. The third-order valence-corrected chi connectivity index (χ3v) is 6.95. The highest BCUT2D eigenvalue weighted by atomic mass is 16.4. The summed E-state index contributed by atoms with van der Waals surface area (Å²) in [4.78, 5) is 22.7. The van der Waals surface area contributed by atoms with Crippen LogP contribution in [0.3, 0.4) is 0 Å². The van der Waals surface area contributed by atoms with Crippen LogP contribution in [0.1, 0.15) is 72.1 Å². The minimum atomic E-state index is -0.631. The van der Waals surface area contributed by atoms with Crippen molar-refractivity contribution in [1.82, 2.24) is 0 Å². The maximum absolute atomic E-state index is 12.0. The molecule has 1 N–H and O–H groups in total. The predicted octanol–water partition coefficient (Wildman–Crippen LogP) is 4.86. The van der Waals surface area contributed by atoms with Gasteiger partial charge in [-0.25, -0.2) is 0 Å². The van der Waals surface area contributed by atoms with Gasteiger partial charge in [0.2, 0.25) is 0 Å². The van der Waals surface area contributed by atoms with Gasteiger partial charge in [0.05, 0.1) is 5.41 Å². The monoisotopic (exact) mass is 320 g/mol. The van der Waals surface area contributed by atoms with E-state index in [0.717, 1.165) is 51.2 Å². The van der Waals surface area contributed by atoms with Crippen LogP contribution in [0, 0.1) is 28.6 Å². The van der Waals surface area contributed by atoms with E-state index < -0.39 is 11.4 Å². The number of fused-ring (bicyclic) bond motifs is 1. The number of rotatable bonds is 6. The fourth-order valence-corrected chi connectivity index (χ4v) is 5.47. The number of hydrogen-bond acceptors (Lipinski definition) is 2. The molecule has 23 heavy (non-hydrogen) atoms. The Morgan fingerprint density at radius 3 is 2.74 bits per heavy atom. The lowest BCUT2D eigenvalue weighted by Crippen LogP contribution is -2.53. The average molecular weight is 320 g/mol. The van der Waals surface area contributed by atoms with Gasteiger partial charge in [0.15, 0.2) is 0 Å². The smallest absolute Gasteiger partial charge is 0.309 e. The van der Waals surface area contributed by atoms with Crippen molar-refractivity contribution in [3.05, 3.63) is 12.2 Å². The zero-order valence-electron chi connectivity index (χ0n) is 14.9. The van der Waals surface area contributed by atoms with Gasteiger partial charge in [0.1, 0.15) is 6.29 Å². The van der Waals surface area contributed by atoms with E-state index in [4.69, 9.17) is 0 Å². The molecule has 0 unspecified atom stereocenters. The summed E-state index contributed by atoms with van der Waals surface area (Å²) in [6.07, 6.45) is 8.48. The van der Waals surface area contributed by atoms with Crippen molar-refractivity contribution in [2.24, 2.45) is 28.6 Å². The lowest BCUT2D eigenvalue weighted by atomic mass is 9.46. The molecule has 0 heterocycles. The van der Waals surface area contributed by atoms with Crippen molar-refractivity contribution < 1.29 is 14.7 Å². The second-order valence-electron chi connectivity index (χ2n) is 8.47. The zero-order chi connectivity index (χ0) is 17.3. The quantitative estimate of drug-likeness (QED) is 0.562. The van der Waals surface area contributed by atoms with Crippen molar-refractivity contribution in [3.8, 4) is 0 Å². The molecule has 0 aliphatic heterocycles. The van der Waals surface area contributed by atoms with E-state index in [2.05, 4.69) is 20.4 Å². The minimum Gasteiger partial charge on any atom is -0.481 e. The van der Waals surface area contributed by atoms with Gasteiger partial charge in [0.25, 0.3) is 0 Å². The summed E-state index contributed by atoms with van der Waals surface area (Å²) in [6.45, 7) is 10.7. The van der Waals surface area contributed by atoms with E-state index in [-0.39, 0.29) is 11.3 Å². The van der Waals surface area contributed by atoms with Crippen molar-refractivity contribution in [2.75, 3.05) is 0 Å². The van der Waals surface area contributed by atoms with Crippen LogP contribution in [0.25, 0.3) is 0 Å². The van der Waals surface area contributed by atoms with E-state index in [1.54, 1.807) is 0 Å². The molecule has 2 rings (SSSR count). The number of carbonyl (C=O) groups excluding carboxylic acids is 1. The SMILES string of the molecule is C=C1CC[C@@H]2[C@](C)(CCC[C@]2(C)C(=O)O)[C@H]1CC[C@H](C)CC=O. The molecular formula is C20H32O3. The molecule has 0 spiro atoms. The molecule has 0 aromatic rings. The standard InChI is InChI=1S/C20H32O3/c1-14(10-13-21)6-8-16-15(2)7-9-17-19(16,3)11-5-12-20(17,4)18(22)23/h13-14,16-17H,2,5-12H2,1,3-4H3,(H,22,23)/t14-,16-,17+,19+,20-/m0/s1. The van der Waals surface area contributed by atoms with Gasteiger partial charge in [-0.15, -0.1) is 0 Å². The molecule has 2 aliphatic carbocycles. The van der Waals surface area contributed by atoms with Gasteiger partial charge in [-0.05, 0) is 68.6 Å². The zero-order valence-corrected chi connectivity index (χ0v) is 14.9. The topological polar surface area (TPSA) is 54.4 Å². The fraction of sp³-hybridized carbons (Fsp3) is 0.800. The normalized spacial score (nSPS) is 38.7. The van der Waals surface area contributed by atoms with Crippen molar-refractivity contribution >= 4 is 12.3 Å². The molecule has 0 saturated heterocycles. The third-order valence-electron chi connectivity index (χ3n) is 6.95. The molecule has 0 aromatic carbocycles. The molecule has 0 amide bonds. The predicted molar refractivity (Wildman–Crippen MR) is 92.1 cm³/mol. The molecule has 2 aliphatic rings. The average Bonchev–Trinajstić information content (AvgIpc) is 2.46. The maximum atomic E-state index is 12.0. The third kappa shape index (κ3) is 3.25. The molecule has 130 valence electrons. The van der Waals surface area contributed by atoms with E-state index in [0.29, 0.717) is 18.3 Å². The first-order valence-corrected chi connectivity index (χ1v) is 9.10. The highest BCUT2D eigenvalue weighted by Crippen LogP contribution is 2.62. The number of allylic oxidation sites excluding steroid dienone is 1. The van der Waals surface area contributed by atoms with Gasteiger partial charge in [-0.2, -0.15) is 0 Å². The minimum absolute atomic E-state index is 0.0433. The van der Waals surface area contributed by atoms with E-state index >= 15 is 0 Å². The Labute approximate surface area is 140 Å². The summed E-state index contributed by atoms with van der Waals surface area (Å²) in [5, 5.41) is 9.83. The molecule has 2 fully saturated rings. The number of carboxylic acids is 1. The Kier molecular flexibility index (Phi) is 5.37. The Morgan fingerprint density at radius 2 is 2.13 bits per heavy atom. The Hall–Kier alpha value is -1.12. The van der Waals surface area contributed by atoms with Crippen LogP contribution in [0.2, 0.25) is 0 Å². The van der Waals surface area contributed by atoms with Crippen molar-refractivity contribution in [3.63, 3.8) is 0 Å². The maximum Gasteiger partial charge on any atom is 0.309 e. The van der Waals surface area contributed by atoms with E-state index in [1.807, 2.05) is 6.92 Å². The number of carbonyl (C=O) groups is 2. The molecule has 5 atom stereocenters. The first-order chi connectivity index (χ1) is 10.8. The first-order valence-electron chi connectivity index (χ1n) is 9.10. The highest BCUT2D eigenvalue weighted by molar-refractivity contribution is 5.75. The molecule has 0 bridgehead atoms. The Bertz CT molecular complexity index is 483. The number of carboxylic acid groups (broad SMARTS) is 1. The van der Waals surface area contributed by atoms with Crippen LogP contribution in [-0.4, -0.2) is 17.4 Å². The van der Waals surface area contributed by atoms with Gasteiger partial charge in [-0.3, -0.25) is 4.79 Å². The summed E-state index contributed by atoms with van der Waals surface area (Å²) < 4.78 is 0. The van der Waals surface area contributed by atoms with Crippen LogP contribution in [0.4, 0.5) is 0 Å². The van der Waals surface area contributed by atoms with Gasteiger partial charge in [-0.1, -0.05) is 32.4 Å². The summed E-state index contributed by atoms with van der Waals surface area (Å²) in [5.41, 5.74) is 0.749. The number of aldehydes is 1. The molecule has 3 heteroatoms. The van der Waals surface area contributed by atoms with Crippen LogP contribution in [0.5, 0.6) is 0 Å². The second kappa shape index (κ2) is 6.78. The van der Waals surface area contributed by atoms with Crippen LogP contribution in [-0.2, 0) is 9.59 Å². The Morgan fingerprint density at radius 1 is 1.43 bits per heavy atom. The van der Waals surface area contributed by atoms with E-state index in [1.165, 1.54) is 5.57 Å². The van der Waals surface area contributed by atoms with Gasteiger partial charge < -0.3 is 9.90 Å². The molecule has 2 saturated carbocycles. The molecular weight excluding hydrogens is 288 g/mol. The summed E-state index contributed by atoms with van der Waals surface area (Å²) in [6, 6.07) is 0. The molecule has 3 nitrogen and oxygen atoms in total. The second-order valence-corrected chi connectivity index (χ2v) is 8.47. The lowest BCUT2D eigenvalue weighted by Gasteiger charge is -2.57. The van der Waals surface area contributed by atoms with Crippen molar-refractivity contribution in [1.29, 1.82) is 0 Å². The van der Waals surface area contributed by atoms with Crippen LogP contribution < -0.4 is 0 Å². The highest BCUT2D eigenvalue weighted by Gasteiger charge is 2.57. The van der Waals surface area contributed by atoms with Gasteiger partial charge >= 0.3 is 5.97 Å². The van der Waals surface area contributed by atoms with Gasteiger partial charge in [0, 0.05) is 6.42 Å². The number of aliphatic carboxylic acids is 1. The van der Waals surface area contributed by atoms with Crippen molar-refractivity contribution in [2.45, 2.75) is 72.1 Å².